The van der Waals surface area contributed by atoms with Crippen LogP contribution in [0.1, 0.15) is 24.5 Å². The van der Waals surface area contributed by atoms with E-state index in [2.05, 4.69) is 45.5 Å². The molecule has 3 heterocycles. The third-order valence-corrected chi connectivity index (χ3v) is 5.37. The van der Waals surface area contributed by atoms with Crippen molar-refractivity contribution >= 4 is 11.7 Å². The van der Waals surface area contributed by atoms with Crippen molar-refractivity contribution in [2.75, 3.05) is 38.0 Å². The van der Waals surface area contributed by atoms with E-state index in [-0.39, 0.29) is 5.91 Å². The van der Waals surface area contributed by atoms with Crippen molar-refractivity contribution in [1.82, 2.24) is 14.8 Å². The van der Waals surface area contributed by atoms with Gasteiger partial charge < -0.3 is 10.2 Å². The SMILES string of the molecule is CC(=O)N1CCN(Cc2cccc(-c3cnc4c(c3)CCCN4)c2)CC1. The molecule has 26 heavy (non-hydrogen) atoms. The molecule has 0 unspecified atom stereocenters. The molecule has 2 aliphatic rings. The van der Waals surface area contributed by atoms with Crippen LogP contribution in [-0.4, -0.2) is 53.4 Å². The smallest absolute Gasteiger partial charge is 0.219 e. The average Bonchev–Trinajstić information content (AvgIpc) is 2.68. The molecule has 0 aliphatic carbocycles. The second kappa shape index (κ2) is 7.46. The zero-order chi connectivity index (χ0) is 17.9. The van der Waals surface area contributed by atoms with Crippen LogP contribution in [0.3, 0.4) is 0 Å². The molecule has 1 aromatic carbocycles. The predicted octanol–water partition coefficient (Wildman–Crippen LogP) is 2.77. The zero-order valence-electron chi connectivity index (χ0n) is 15.4. The van der Waals surface area contributed by atoms with Crippen molar-refractivity contribution in [1.29, 1.82) is 0 Å². The second-order valence-corrected chi connectivity index (χ2v) is 7.24. The molecule has 1 saturated heterocycles. The standard InChI is InChI=1S/C21H26N4O/c1-16(26)25-10-8-24(9-11-25)15-17-4-2-5-18(12-17)20-13-19-6-3-7-22-21(19)23-14-20/h2,4-5,12-14H,3,6-11,15H2,1H3,(H,22,23). The Bertz CT molecular complexity index is 796. The molecule has 1 amide bonds. The first-order valence-corrected chi connectivity index (χ1v) is 9.49. The fraction of sp³-hybridized carbons (Fsp3) is 0.429. The van der Waals surface area contributed by atoms with Crippen molar-refractivity contribution in [2.24, 2.45) is 0 Å². The second-order valence-electron chi connectivity index (χ2n) is 7.24. The van der Waals surface area contributed by atoms with E-state index in [9.17, 15) is 4.79 Å². The van der Waals surface area contributed by atoms with Crippen molar-refractivity contribution in [3.05, 3.63) is 47.7 Å². The number of carbonyl (C=O) groups excluding carboxylic acids is 1. The number of hydrogen-bond acceptors (Lipinski definition) is 4. The van der Waals surface area contributed by atoms with Crippen LogP contribution >= 0.6 is 0 Å². The Kier molecular flexibility index (Phi) is 4.89. The van der Waals surface area contributed by atoms with Gasteiger partial charge in [-0.2, -0.15) is 0 Å². The molecular formula is C21H26N4O. The summed E-state index contributed by atoms with van der Waals surface area (Å²) < 4.78 is 0. The Hall–Kier alpha value is -2.40. The molecule has 5 heteroatoms. The van der Waals surface area contributed by atoms with Gasteiger partial charge in [-0.05, 0) is 41.7 Å². The summed E-state index contributed by atoms with van der Waals surface area (Å²) >= 11 is 0. The van der Waals surface area contributed by atoms with E-state index in [4.69, 9.17) is 0 Å². The number of pyridine rings is 1. The summed E-state index contributed by atoms with van der Waals surface area (Å²) in [6.45, 7) is 7.14. The number of aryl methyl sites for hydroxylation is 1. The molecular weight excluding hydrogens is 324 g/mol. The first-order valence-electron chi connectivity index (χ1n) is 9.49. The number of amides is 1. The summed E-state index contributed by atoms with van der Waals surface area (Å²) in [6, 6.07) is 11.0. The first-order chi connectivity index (χ1) is 12.7. The third-order valence-electron chi connectivity index (χ3n) is 5.37. The highest BCUT2D eigenvalue weighted by molar-refractivity contribution is 5.73. The first kappa shape index (κ1) is 17.0. The Morgan fingerprint density at radius 3 is 2.81 bits per heavy atom. The van der Waals surface area contributed by atoms with E-state index in [0.29, 0.717) is 0 Å². The number of nitrogens with zero attached hydrogens (tertiary/aromatic N) is 3. The van der Waals surface area contributed by atoms with Gasteiger partial charge in [0.15, 0.2) is 0 Å². The highest BCUT2D eigenvalue weighted by atomic mass is 16.2. The molecule has 2 aliphatic heterocycles. The minimum Gasteiger partial charge on any atom is -0.370 e. The molecule has 1 N–H and O–H groups in total. The predicted molar refractivity (Wildman–Crippen MR) is 104 cm³/mol. The van der Waals surface area contributed by atoms with Gasteiger partial charge in [-0.3, -0.25) is 9.69 Å². The van der Waals surface area contributed by atoms with E-state index in [1.54, 1.807) is 6.92 Å². The van der Waals surface area contributed by atoms with E-state index < -0.39 is 0 Å². The minimum atomic E-state index is 0.182. The lowest BCUT2D eigenvalue weighted by Crippen LogP contribution is -2.47. The number of rotatable bonds is 3. The maximum Gasteiger partial charge on any atom is 0.219 e. The van der Waals surface area contributed by atoms with E-state index in [1.807, 2.05) is 11.1 Å². The molecule has 4 rings (SSSR count). The maximum absolute atomic E-state index is 11.5. The van der Waals surface area contributed by atoms with Crippen molar-refractivity contribution in [3.63, 3.8) is 0 Å². The number of aromatic nitrogens is 1. The molecule has 5 nitrogen and oxygen atoms in total. The molecule has 0 radical (unpaired) electrons. The number of fused-ring (bicyclic) bond motifs is 1. The van der Waals surface area contributed by atoms with Gasteiger partial charge in [-0.15, -0.1) is 0 Å². The van der Waals surface area contributed by atoms with Crippen LogP contribution in [0, 0.1) is 0 Å². The number of nitrogens with one attached hydrogen (secondary N) is 1. The van der Waals surface area contributed by atoms with Crippen molar-refractivity contribution in [3.8, 4) is 11.1 Å². The number of piperazine rings is 1. The summed E-state index contributed by atoms with van der Waals surface area (Å²) in [6.07, 6.45) is 4.25. The van der Waals surface area contributed by atoms with Crippen LogP contribution < -0.4 is 5.32 Å². The fourth-order valence-corrected chi connectivity index (χ4v) is 3.83. The summed E-state index contributed by atoms with van der Waals surface area (Å²) in [5, 5.41) is 3.37. The molecule has 2 aromatic rings. The number of anilines is 1. The van der Waals surface area contributed by atoms with E-state index in [1.165, 1.54) is 28.7 Å². The fourth-order valence-electron chi connectivity index (χ4n) is 3.83. The van der Waals surface area contributed by atoms with Crippen LogP contribution in [0.2, 0.25) is 0 Å². The zero-order valence-corrected chi connectivity index (χ0v) is 15.4. The number of hydrogen-bond donors (Lipinski definition) is 1. The Morgan fingerprint density at radius 2 is 2.00 bits per heavy atom. The third kappa shape index (κ3) is 3.73. The monoisotopic (exact) mass is 350 g/mol. The van der Waals surface area contributed by atoms with Gasteiger partial charge >= 0.3 is 0 Å². The number of carbonyl (C=O) groups is 1. The topological polar surface area (TPSA) is 48.5 Å². The van der Waals surface area contributed by atoms with Crippen molar-refractivity contribution in [2.45, 2.75) is 26.3 Å². The van der Waals surface area contributed by atoms with Crippen molar-refractivity contribution < 1.29 is 4.79 Å². The van der Waals surface area contributed by atoms with Gasteiger partial charge in [-0.1, -0.05) is 18.2 Å². The molecule has 0 saturated carbocycles. The molecule has 1 aromatic heterocycles. The lowest BCUT2D eigenvalue weighted by Gasteiger charge is -2.34. The molecule has 0 spiro atoms. The summed E-state index contributed by atoms with van der Waals surface area (Å²) in [5.41, 5.74) is 5.05. The van der Waals surface area contributed by atoms with Gasteiger partial charge in [0.2, 0.25) is 5.91 Å². The van der Waals surface area contributed by atoms with Gasteiger partial charge in [-0.25, -0.2) is 4.98 Å². The molecule has 0 atom stereocenters. The summed E-state index contributed by atoms with van der Waals surface area (Å²) in [5.74, 6) is 1.22. The van der Waals surface area contributed by atoms with E-state index in [0.717, 1.165) is 51.5 Å². The molecule has 136 valence electrons. The highest BCUT2D eigenvalue weighted by Crippen LogP contribution is 2.27. The minimum absolute atomic E-state index is 0.182. The largest absolute Gasteiger partial charge is 0.370 e. The Labute approximate surface area is 155 Å². The van der Waals surface area contributed by atoms with Gasteiger partial charge in [0.25, 0.3) is 0 Å². The van der Waals surface area contributed by atoms with Crippen LogP contribution in [0.25, 0.3) is 11.1 Å². The van der Waals surface area contributed by atoms with Crippen LogP contribution in [0.4, 0.5) is 5.82 Å². The van der Waals surface area contributed by atoms with Crippen LogP contribution in [-0.2, 0) is 17.8 Å². The number of benzene rings is 1. The van der Waals surface area contributed by atoms with Crippen LogP contribution in [0.15, 0.2) is 36.5 Å². The quantitative estimate of drug-likeness (QED) is 0.925. The van der Waals surface area contributed by atoms with E-state index >= 15 is 0 Å². The molecule has 1 fully saturated rings. The molecule has 0 bridgehead atoms. The van der Waals surface area contributed by atoms with Gasteiger partial charge in [0.05, 0.1) is 0 Å². The Morgan fingerprint density at radius 1 is 1.15 bits per heavy atom. The summed E-state index contributed by atoms with van der Waals surface area (Å²) in [4.78, 5) is 20.4. The maximum atomic E-state index is 11.5. The van der Waals surface area contributed by atoms with Crippen LogP contribution in [0.5, 0.6) is 0 Å². The lowest BCUT2D eigenvalue weighted by molar-refractivity contribution is -0.130. The summed E-state index contributed by atoms with van der Waals surface area (Å²) in [7, 11) is 0. The highest BCUT2D eigenvalue weighted by Gasteiger charge is 2.18. The Balaban J connectivity index is 1.46. The average molecular weight is 350 g/mol. The normalized spacial score (nSPS) is 17.5. The van der Waals surface area contributed by atoms with Gasteiger partial charge in [0, 0.05) is 58.0 Å². The van der Waals surface area contributed by atoms with Gasteiger partial charge in [0.1, 0.15) is 5.82 Å². The lowest BCUT2D eigenvalue weighted by atomic mass is 10.00.